The molecule has 4 aliphatic carbocycles. The Morgan fingerprint density at radius 2 is 1.35 bits per heavy atom. The lowest BCUT2D eigenvalue weighted by Crippen LogP contribution is -2.49. The summed E-state index contributed by atoms with van der Waals surface area (Å²) in [5, 5.41) is 6.85. The van der Waals surface area contributed by atoms with Crippen molar-refractivity contribution < 1.29 is 23.2 Å². The number of carbonyl (C=O) groups is 3. The molecular weight excluding hydrogens is 659 g/mol. The highest BCUT2D eigenvalue weighted by atomic mass is 35.5. The summed E-state index contributed by atoms with van der Waals surface area (Å²) in [6.45, 7) is -0.210. The first kappa shape index (κ1) is 31.1. The first-order valence-corrected chi connectivity index (χ1v) is 16.9. The van der Waals surface area contributed by atoms with Crippen molar-refractivity contribution in [3.63, 3.8) is 0 Å². The molecule has 8 nitrogen and oxygen atoms in total. The van der Waals surface area contributed by atoms with Crippen LogP contribution in [0.5, 0.6) is 0 Å². The number of halogens is 4. The van der Waals surface area contributed by atoms with Crippen LogP contribution < -0.4 is 10.6 Å². The lowest BCUT2D eigenvalue weighted by Gasteiger charge is -2.33. The van der Waals surface area contributed by atoms with Gasteiger partial charge in [-0.1, -0.05) is 47.5 Å². The second-order valence-corrected chi connectivity index (χ2v) is 14.7. The van der Waals surface area contributed by atoms with Crippen LogP contribution in [0.15, 0.2) is 76.7 Å². The Morgan fingerprint density at radius 3 is 1.94 bits per heavy atom. The number of benzene rings is 3. The van der Waals surface area contributed by atoms with Crippen LogP contribution in [-0.2, 0) is 14.4 Å². The van der Waals surface area contributed by atoms with E-state index in [1.165, 1.54) is 17.4 Å². The molecule has 4 fully saturated rings. The molecule has 6 aliphatic rings. The number of carbonyl (C=O) groups excluding carboxylic acids is 3. The third-order valence-electron chi connectivity index (χ3n) is 10.4. The molecule has 0 saturated heterocycles. The fraction of sp³-hybridized carbons (Fsp3) is 0.361. The van der Waals surface area contributed by atoms with Crippen molar-refractivity contribution in [2.75, 3.05) is 11.9 Å². The largest absolute Gasteiger partial charge is 0.326 e. The van der Waals surface area contributed by atoms with Gasteiger partial charge >= 0.3 is 0 Å². The van der Waals surface area contributed by atoms with Gasteiger partial charge in [0.15, 0.2) is 11.6 Å². The molecular formula is C36H31Cl2F2N5O3. The zero-order valence-corrected chi connectivity index (χ0v) is 27.2. The van der Waals surface area contributed by atoms with Crippen molar-refractivity contribution in [1.29, 1.82) is 0 Å². The molecule has 0 aromatic heterocycles. The highest BCUT2D eigenvalue weighted by Gasteiger charge is 2.61. The standard InChI is InChI=1S/C22H18ClF2N3O2.C14H13ClN2O/c23-15-3-1-12(2-4-15)20-21(30)28(22(27-20)9-13-7-14(13)10-22)11-19(29)26-16-5-6-17(24)18(25)8-16;15-11-3-1-8(2-4-11)12-13(18)17-14(16-12)6-9-5-10(9)7-14/h1-6,8,13-14H,7,9-11H2,(H,26,29);1-4,9-10H,5-7H2,(H,17,18)/t13-,14+,22?;. The monoisotopic (exact) mass is 689 g/mol. The van der Waals surface area contributed by atoms with Gasteiger partial charge in [-0.3, -0.25) is 24.4 Å². The molecule has 3 aromatic rings. The molecule has 5 atom stereocenters. The average molecular weight is 691 g/mol. The molecule has 3 amide bonds. The maximum absolute atomic E-state index is 13.4. The van der Waals surface area contributed by atoms with Crippen molar-refractivity contribution in [3.05, 3.63) is 99.5 Å². The van der Waals surface area contributed by atoms with Crippen LogP contribution in [0.1, 0.15) is 49.7 Å². The van der Waals surface area contributed by atoms with Gasteiger partial charge in [-0.05, 0) is 98.6 Å². The minimum absolute atomic E-state index is 0.0429. The molecule has 3 unspecified atom stereocenters. The number of amides is 3. The molecule has 2 spiro atoms. The topological polar surface area (TPSA) is 103 Å². The minimum Gasteiger partial charge on any atom is -0.326 e. The summed E-state index contributed by atoms with van der Waals surface area (Å²) < 4.78 is 26.6. The van der Waals surface area contributed by atoms with Crippen molar-refractivity contribution in [2.24, 2.45) is 33.7 Å². The maximum Gasteiger partial charge on any atom is 0.275 e. The van der Waals surface area contributed by atoms with Crippen LogP contribution in [-0.4, -0.2) is 51.9 Å². The summed E-state index contributed by atoms with van der Waals surface area (Å²) >= 11 is 11.8. The molecule has 9 rings (SSSR count). The average Bonchev–Trinajstić information content (AvgIpc) is 3.80. The van der Waals surface area contributed by atoms with E-state index in [0.29, 0.717) is 38.9 Å². The van der Waals surface area contributed by atoms with Gasteiger partial charge in [0, 0.05) is 32.9 Å². The molecule has 2 N–H and O–H groups in total. The number of anilines is 1. The SMILES string of the molecule is O=C(CN1C(=O)C(c2ccc(Cl)cc2)=NC12C[C@H]1C[C@H]1C2)Nc1ccc(F)c(F)c1.O=C1NC2(CC3CC3C2)N=C1c1ccc(Cl)cc1. The van der Waals surface area contributed by atoms with Crippen LogP contribution in [0.4, 0.5) is 14.5 Å². The molecule has 3 aromatic carbocycles. The quantitative estimate of drug-likeness (QED) is 0.324. The third kappa shape index (κ3) is 5.79. The molecule has 0 radical (unpaired) electrons. The van der Waals surface area contributed by atoms with Crippen molar-refractivity contribution in [2.45, 2.75) is 49.9 Å². The van der Waals surface area contributed by atoms with E-state index in [-0.39, 0.29) is 29.7 Å². The minimum atomic E-state index is -1.05. The fourth-order valence-electron chi connectivity index (χ4n) is 7.93. The van der Waals surface area contributed by atoms with Crippen LogP contribution in [0.2, 0.25) is 10.0 Å². The Morgan fingerprint density at radius 1 is 0.792 bits per heavy atom. The number of hydrogen-bond acceptors (Lipinski definition) is 5. The van der Waals surface area contributed by atoms with Crippen molar-refractivity contribution in [1.82, 2.24) is 10.2 Å². The van der Waals surface area contributed by atoms with Gasteiger partial charge in [-0.25, -0.2) is 8.78 Å². The lowest BCUT2D eigenvalue weighted by molar-refractivity contribution is -0.133. The van der Waals surface area contributed by atoms with E-state index in [4.69, 9.17) is 33.2 Å². The van der Waals surface area contributed by atoms with Crippen LogP contribution in [0.25, 0.3) is 0 Å². The van der Waals surface area contributed by atoms with E-state index in [2.05, 4.69) is 10.6 Å². The number of aliphatic imine (C=N–C) groups is 2. The zero-order valence-electron chi connectivity index (χ0n) is 25.7. The van der Waals surface area contributed by atoms with E-state index < -0.39 is 23.2 Å². The number of nitrogens with one attached hydrogen (secondary N) is 2. The third-order valence-corrected chi connectivity index (χ3v) is 10.9. The van der Waals surface area contributed by atoms with E-state index in [1.54, 1.807) is 36.4 Å². The highest BCUT2D eigenvalue weighted by molar-refractivity contribution is 6.47. The summed E-state index contributed by atoms with van der Waals surface area (Å²) in [5.74, 6) is -0.235. The van der Waals surface area contributed by atoms with Gasteiger partial charge in [0.05, 0.1) is 0 Å². The molecule has 4 saturated carbocycles. The summed E-state index contributed by atoms with van der Waals surface area (Å²) in [7, 11) is 0. The summed E-state index contributed by atoms with van der Waals surface area (Å²) in [4.78, 5) is 49.0. The predicted molar refractivity (Wildman–Crippen MR) is 178 cm³/mol. The smallest absolute Gasteiger partial charge is 0.275 e. The van der Waals surface area contributed by atoms with E-state index >= 15 is 0 Å². The van der Waals surface area contributed by atoms with Crippen molar-refractivity contribution in [3.8, 4) is 0 Å². The normalized spacial score (nSPS) is 30.4. The van der Waals surface area contributed by atoms with Crippen molar-refractivity contribution >= 4 is 58.0 Å². The zero-order chi connectivity index (χ0) is 33.4. The first-order valence-electron chi connectivity index (χ1n) is 16.1. The van der Waals surface area contributed by atoms with Crippen LogP contribution >= 0.6 is 23.2 Å². The number of rotatable bonds is 5. The predicted octanol–water partition coefficient (Wildman–Crippen LogP) is 6.40. The Kier molecular flexibility index (Phi) is 7.45. The number of nitrogens with zero attached hydrogens (tertiary/aromatic N) is 3. The second-order valence-electron chi connectivity index (χ2n) is 13.8. The summed E-state index contributed by atoms with van der Waals surface area (Å²) in [6, 6.07) is 17.3. The van der Waals surface area contributed by atoms with Gasteiger partial charge in [-0.2, -0.15) is 0 Å². The van der Waals surface area contributed by atoms with Gasteiger partial charge in [0.2, 0.25) is 5.91 Å². The van der Waals surface area contributed by atoms with Gasteiger partial charge in [0.1, 0.15) is 29.3 Å². The Labute approximate surface area is 285 Å². The Balaban J connectivity index is 0.000000158. The molecule has 2 heterocycles. The molecule has 12 heteroatoms. The van der Waals surface area contributed by atoms with E-state index in [9.17, 15) is 23.2 Å². The molecule has 48 heavy (non-hydrogen) atoms. The molecule has 246 valence electrons. The maximum atomic E-state index is 13.4. The van der Waals surface area contributed by atoms with Crippen LogP contribution in [0.3, 0.4) is 0 Å². The Bertz CT molecular complexity index is 1900. The second kappa shape index (κ2) is 11.5. The first-order chi connectivity index (χ1) is 23.0. The Hall–Kier alpha value is -4.15. The van der Waals surface area contributed by atoms with Gasteiger partial charge in [-0.15, -0.1) is 0 Å². The summed E-state index contributed by atoms with van der Waals surface area (Å²) in [6.07, 6.45) is 5.96. The number of hydrogen-bond donors (Lipinski definition) is 2. The highest BCUT2D eigenvalue weighted by Crippen LogP contribution is 2.60. The van der Waals surface area contributed by atoms with E-state index in [1.807, 2.05) is 12.1 Å². The lowest BCUT2D eigenvalue weighted by atomic mass is 10.0. The number of fused-ring (bicyclic) bond motifs is 2. The van der Waals surface area contributed by atoms with E-state index in [0.717, 1.165) is 61.6 Å². The van der Waals surface area contributed by atoms with Gasteiger partial charge < -0.3 is 15.5 Å². The fourth-order valence-corrected chi connectivity index (χ4v) is 8.18. The summed E-state index contributed by atoms with van der Waals surface area (Å²) in [5.41, 5.74) is 1.53. The molecule has 2 aliphatic heterocycles. The van der Waals surface area contributed by atoms with Gasteiger partial charge in [0.25, 0.3) is 11.8 Å². The van der Waals surface area contributed by atoms with Crippen LogP contribution in [0, 0.1) is 35.3 Å². The molecule has 0 bridgehead atoms.